The molecule has 116 valence electrons. The van der Waals surface area contributed by atoms with Gasteiger partial charge in [-0.2, -0.15) is 0 Å². The van der Waals surface area contributed by atoms with Gasteiger partial charge >= 0.3 is 0 Å². The molecule has 21 heavy (non-hydrogen) atoms. The second kappa shape index (κ2) is 6.78. The van der Waals surface area contributed by atoms with Crippen molar-refractivity contribution in [2.24, 2.45) is 11.8 Å². The average molecular weight is 287 g/mol. The largest absolute Gasteiger partial charge is 0.357 e. The summed E-state index contributed by atoms with van der Waals surface area (Å²) in [7, 11) is 0. The monoisotopic (exact) mass is 287 g/mol. The molecule has 0 aromatic carbocycles. The number of nitrogens with one attached hydrogen (secondary N) is 1. The van der Waals surface area contributed by atoms with Crippen LogP contribution in [0.1, 0.15) is 46.0 Å². The Morgan fingerprint density at radius 2 is 1.81 bits per heavy atom. The highest BCUT2D eigenvalue weighted by Gasteiger charge is 2.27. The number of aromatic nitrogens is 1. The second-order valence-corrected chi connectivity index (χ2v) is 7.08. The summed E-state index contributed by atoms with van der Waals surface area (Å²) >= 11 is 0. The van der Waals surface area contributed by atoms with E-state index in [1.165, 1.54) is 32.1 Å². The molecule has 1 saturated carbocycles. The second-order valence-electron chi connectivity index (χ2n) is 7.08. The summed E-state index contributed by atoms with van der Waals surface area (Å²) in [5, 5.41) is 3.93. The maximum atomic E-state index is 4.47. The third-order valence-electron chi connectivity index (χ3n) is 5.54. The first kappa shape index (κ1) is 14.8. The van der Waals surface area contributed by atoms with Crippen LogP contribution in [0.4, 0.5) is 5.82 Å². The number of hydrogen-bond donors (Lipinski definition) is 1. The lowest BCUT2D eigenvalue weighted by Gasteiger charge is -2.38. The number of rotatable bonds is 3. The van der Waals surface area contributed by atoms with Gasteiger partial charge in [-0.05, 0) is 56.1 Å². The SMILES string of the molecule is CC1CCC(NC2CCN(c3ccccn3)CC2)CC1C. The molecule has 0 amide bonds. The predicted molar refractivity (Wildman–Crippen MR) is 88.6 cm³/mol. The molecule has 1 aromatic rings. The highest BCUT2D eigenvalue weighted by molar-refractivity contribution is 5.38. The zero-order chi connectivity index (χ0) is 14.7. The third-order valence-corrected chi connectivity index (χ3v) is 5.54. The van der Waals surface area contributed by atoms with Gasteiger partial charge in [0.2, 0.25) is 0 Å². The van der Waals surface area contributed by atoms with E-state index in [0.29, 0.717) is 6.04 Å². The first-order valence-electron chi connectivity index (χ1n) is 8.64. The summed E-state index contributed by atoms with van der Waals surface area (Å²) in [6, 6.07) is 7.65. The van der Waals surface area contributed by atoms with Gasteiger partial charge in [0.15, 0.2) is 0 Å². The van der Waals surface area contributed by atoms with E-state index >= 15 is 0 Å². The fraction of sp³-hybridized carbons (Fsp3) is 0.722. The maximum Gasteiger partial charge on any atom is 0.128 e. The molecule has 0 bridgehead atoms. The van der Waals surface area contributed by atoms with E-state index in [-0.39, 0.29) is 0 Å². The van der Waals surface area contributed by atoms with Gasteiger partial charge in [-0.25, -0.2) is 4.98 Å². The van der Waals surface area contributed by atoms with Crippen molar-refractivity contribution in [3.63, 3.8) is 0 Å². The van der Waals surface area contributed by atoms with Gasteiger partial charge in [-0.1, -0.05) is 19.9 Å². The van der Waals surface area contributed by atoms with E-state index < -0.39 is 0 Å². The van der Waals surface area contributed by atoms with Crippen molar-refractivity contribution in [3.8, 4) is 0 Å². The smallest absolute Gasteiger partial charge is 0.128 e. The number of anilines is 1. The quantitative estimate of drug-likeness (QED) is 0.922. The van der Waals surface area contributed by atoms with Crippen LogP contribution in [0.3, 0.4) is 0 Å². The van der Waals surface area contributed by atoms with E-state index in [4.69, 9.17) is 0 Å². The summed E-state index contributed by atoms with van der Waals surface area (Å²) < 4.78 is 0. The van der Waals surface area contributed by atoms with E-state index in [1.807, 2.05) is 12.3 Å². The molecule has 3 unspecified atom stereocenters. The maximum absolute atomic E-state index is 4.47. The Labute approximate surface area is 129 Å². The van der Waals surface area contributed by atoms with Gasteiger partial charge in [0.05, 0.1) is 0 Å². The Morgan fingerprint density at radius 1 is 1.00 bits per heavy atom. The molecule has 3 atom stereocenters. The van der Waals surface area contributed by atoms with Crippen LogP contribution in [0.5, 0.6) is 0 Å². The Kier molecular flexibility index (Phi) is 4.79. The average Bonchev–Trinajstić information content (AvgIpc) is 2.53. The molecule has 0 radical (unpaired) electrons. The standard InChI is InChI=1S/C18H29N3/c1-14-6-7-17(13-15(14)2)20-16-8-11-21(12-9-16)18-5-3-4-10-19-18/h3-5,10,14-17,20H,6-9,11-13H2,1-2H3. The van der Waals surface area contributed by atoms with Gasteiger partial charge in [0, 0.05) is 31.4 Å². The van der Waals surface area contributed by atoms with Crippen molar-refractivity contribution in [2.45, 2.75) is 58.0 Å². The van der Waals surface area contributed by atoms with Crippen LogP contribution in [-0.2, 0) is 0 Å². The zero-order valence-corrected chi connectivity index (χ0v) is 13.5. The molecule has 1 aliphatic carbocycles. The normalized spacial score (nSPS) is 31.3. The summed E-state index contributed by atoms with van der Waals surface area (Å²) in [6.07, 6.45) is 8.51. The lowest BCUT2D eigenvalue weighted by atomic mass is 9.79. The molecule has 1 aromatic heterocycles. The number of hydrogen-bond acceptors (Lipinski definition) is 3. The molecule has 2 heterocycles. The summed E-state index contributed by atoms with van der Waals surface area (Å²) in [6.45, 7) is 7.09. The summed E-state index contributed by atoms with van der Waals surface area (Å²) in [5.41, 5.74) is 0. The number of pyridine rings is 1. The summed E-state index contributed by atoms with van der Waals surface area (Å²) in [5.74, 6) is 2.93. The van der Waals surface area contributed by atoms with Gasteiger partial charge in [0.25, 0.3) is 0 Å². The molecule has 3 rings (SSSR count). The van der Waals surface area contributed by atoms with Gasteiger partial charge in [0.1, 0.15) is 5.82 Å². The van der Waals surface area contributed by atoms with E-state index in [0.717, 1.165) is 36.8 Å². The molecule has 2 fully saturated rings. The Balaban J connectivity index is 1.46. The Morgan fingerprint density at radius 3 is 2.48 bits per heavy atom. The summed E-state index contributed by atoms with van der Waals surface area (Å²) in [4.78, 5) is 6.89. The molecule has 3 nitrogen and oxygen atoms in total. The fourth-order valence-corrected chi connectivity index (χ4v) is 3.85. The van der Waals surface area contributed by atoms with Crippen molar-refractivity contribution in [1.29, 1.82) is 0 Å². The number of nitrogens with zero attached hydrogens (tertiary/aromatic N) is 2. The first-order chi connectivity index (χ1) is 10.2. The van der Waals surface area contributed by atoms with E-state index in [1.54, 1.807) is 0 Å². The minimum atomic E-state index is 0.704. The molecule has 1 N–H and O–H groups in total. The van der Waals surface area contributed by atoms with Crippen LogP contribution >= 0.6 is 0 Å². The van der Waals surface area contributed by atoms with E-state index in [9.17, 15) is 0 Å². The van der Waals surface area contributed by atoms with E-state index in [2.05, 4.69) is 41.2 Å². The van der Waals surface area contributed by atoms with Gasteiger partial charge < -0.3 is 10.2 Å². The van der Waals surface area contributed by atoms with Crippen LogP contribution < -0.4 is 10.2 Å². The molecular formula is C18H29N3. The number of piperidine rings is 1. The molecule has 2 aliphatic rings. The fourth-order valence-electron chi connectivity index (χ4n) is 3.85. The molecular weight excluding hydrogens is 258 g/mol. The topological polar surface area (TPSA) is 28.2 Å². The minimum Gasteiger partial charge on any atom is -0.357 e. The van der Waals surface area contributed by atoms with Crippen molar-refractivity contribution in [1.82, 2.24) is 10.3 Å². The predicted octanol–water partition coefficient (Wildman–Crippen LogP) is 3.46. The lowest BCUT2D eigenvalue weighted by molar-refractivity contribution is 0.208. The highest BCUT2D eigenvalue weighted by atomic mass is 15.2. The van der Waals surface area contributed by atoms with Crippen molar-refractivity contribution in [2.75, 3.05) is 18.0 Å². The molecule has 1 aliphatic heterocycles. The van der Waals surface area contributed by atoms with Crippen LogP contribution in [0, 0.1) is 11.8 Å². The minimum absolute atomic E-state index is 0.704. The highest BCUT2D eigenvalue weighted by Crippen LogP contribution is 2.30. The Bertz CT molecular complexity index is 425. The van der Waals surface area contributed by atoms with Gasteiger partial charge in [-0.3, -0.25) is 0 Å². The molecule has 0 spiro atoms. The van der Waals surface area contributed by atoms with Crippen molar-refractivity contribution < 1.29 is 0 Å². The van der Waals surface area contributed by atoms with Crippen LogP contribution in [0.15, 0.2) is 24.4 Å². The lowest BCUT2D eigenvalue weighted by Crippen LogP contribution is -2.48. The Hall–Kier alpha value is -1.09. The first-order valence-corrected chi connectivity index (χ1v) is 8.64. The molecule has 1 saturated heterocycles. The van der Waals surface area contributed by atoms with Crippen LogP contribution in [0.2, 0.25) is 0 Å². The van der Waals surface area contributed by atoms with Gasteiger partial charge in [-0.15, -0.1) is 0 Å². The van der Waals surface area contributed by atoms with Crippen LogP contribution in [-0.4, -0.2) is 30.2 Å². The molecule has 3 heteroatoms. The van der Waals surface area contributed by atoms with Crippen molar-refractivity contribution >= 4 is 5.82 Å². The van der Waals surface area contributed by atoms with Crippen LogP contribution in [0.25, 0.3) is 0 Å². The van der Waals surface area contributed by atoms with Crippen molar-refractivity contribution in [3.05, 3.63) is 24.4 Å². The third kappa shape index (κ3) is 3.76. The zero-order valence-electron chi connectivity index (χ0n) is 13.5.